The number of benzene rings is 3. The maximum Gasteiger partial charge on any atom is 0.289 e. The standard InChI is InChI=1S/C27H23ClN4O3S/c28-22-17-19(29-27(36)30-25(33)21-8-3-6-18-5-1-2-7-20(18)21)10-11-23(22)31-12-14-32(15-13-31)26(34)24-9-4-16-35-24/h1-11,16-17H,12-15H2,(H2,29,30,33,36). The number of carbonyl (C=O) groups is 2. The number of rotatable bonds is 4. The fraction of sp³-hybridized carbons (Fsp3) is 0.148. The number of nitrogens with one attached hydrogen (secondary N) is 2. The molecule has 9 heteroatoms. The molecule has 0 radical (unpaired) electrons. The minimum Gasteiger partial charge on any atom is -0.459 e. The van der Waals surface area contributed by atoms with E-state index in [0.717, 1.165) is 16.5 Å². The molecule has 1 aliphatic rings. The van der Waals surface area contributed by atoms with Crippen molar-refractivity contribution in [2.75, 3.05) is 36.4 Å². The Morgan fingerprint density at radius 1 is 0.917 bits per heavy atom. The van der Waals surface area contributed by atoms with Gasteiger partial charge >= 0.3 is 0 Å². The first-order valence-corrected chi connectivity index (χ1v) is 12.3. The van der Waals surface area contributed by atoms with Crippen molar-refractivity contribution in [3.8, 4) is 0 Å². The van der Waals surface area contributed by atoms with Gasteiger partial charge in [-0.15, -0.1) is 0 Å². The Morgan fingerprint density at radius 3 is 2.44 bits per heavy atom. The van der Waals surface area contributed by atoms with E-state index >= 15 is 0 Å². The lowest BCUT2D eigenvalue weighted by Gasteiger charge is -2.36. The van der Waals surface area contributed by atoms with Crippen LogP contribution in [0.1, 0.15) is 20.9 Å². The third-order valence-corrected chi connectivity index (χ3v) is 6.61. The van der Waals surface area contributed by atoms with Crippen molar-refractivity contribution in [2.45, 2.75) is 0 Å². The van der Waals surface area contributed by atoms with Crippen LogP contribution in [0, 0.1) is 0 Å². The van der Waals surface area contributed by atoms with Gasteiger partial charge in [-0.25, -0.2) is 0 Å². The number of halogens is 1. The molecule has 3 aromatic carbocycles. The summed E-state index contributed by atoms with van der Waals surface area (Å²) in [5.74, 6) is -0.0428. The summed E-state index contributed by atoms with van der Waals surface area (Å²) in [7, 11) is 0. The summed E-state index contributed by atoms with van der Waals surface area (Å²) in [6, 6.07) is 22.2. The fourth-order valence-electron chi connectivity index (χ4n) is 4.30. The monoisotopic (exact) mass is 518 g/mol. The van der Waals surface area contributed by atoms with Gasteiger partial charge in [0.25, 0.3) is 11.8 Å². The summed E-state index contributed by atoms with van der Waals surface area (Å²) >= 11 is 12.0. The largest absolute Gasteiger partial charge is 0.459 e. The molecule has 0 aliphatic carbocycles. The quantitative estimate of drug-likeness (QED) is 0.363. The number of nitrogens with zero attached hydrogens (tertiary/aromatic N) is 2. The zero-order valence-corrected chi connectivity index (χ0v) is 20.8. The molecule has 1 fully saturated rings. The third-order valence-electron chi connectivity index (χ3n) is 6.11. The van der Waals surface area contributed by atoms with E-state index in [1.807, 2.05) is 48.5 Å². The van der Waals surface area contributed by atoms with Crippen molar-refractivity contribution in [3.63, 3.8) is 0 Å². The summed E-state index contributed by atoms with van der Waals surface area (Å²) in [5.41, 5.74) is 2.09. The molecule has 4 aromatic rings. The SMILES string of the molecule is O=C(NC(=S)Nc1ccc(N2CCN(C(=O)c3ccco3)CC2)c(Cl)c1)c1cccc2ccccc12. The molecule has 182 valence electrons. The van der Waals surface area contributed by atoms with Gasteiger partial charge < -0.3 is 19.5 Å². The van der Waals surface area contributed by atoms with E-state index in [2.05, 4.69) is 15.5 Å². The highest BCUT2D eigenvalue weighted by molar-refractivity contribution is 7.80. The lowest BCUT2D eigenvalue weighted by Crippen LogP contribution is -2.48. The second-order valence-electron chi connectivity index (χ2n) is 8.36. The summed E-state index contributed by atoms with van der Waals surface area (Å²) in [6.45, 7) is 2.44. The highest BCUT2D eigenvalue weighted by Gasteiger charge is 2.24. The Labute approximate surface area is 218 Å². The average Bonchev–Trinajstić information content (AvgIpc) is 3.43. The fourth-order valence-corrected chi connectivity index (χ4v) is 4.81. The first-order chi connectivity index (χ1) is 17.5. The van der Waals surface area contributed by atoms with Gasteiger partial charge in [-0.1, -0.05) is 48.0 Å². The molecule has 0 spiro atoms. The van der Waals surface area contributed by atoms with E-state index in [-0.39, 0.29) is 16.9 Å². The lowest BCUT2D eigenvalue weighted by molar-refractivity contribution is 0.0714. The van der Waals surface area contributed by atoms with E-state index in [1.54, 1.807) is 29.2 Å². The summed E-state index contributed by atoms with van der Waals surface area (Å²) < 4.78 is 5.22. The smallest absolute Gasteiger partial charge is 0.289 e. The maximum atomic E-state index is 12.8. The zero-order chi connectivity index (χ0) is 25.1. The number of furan rings is 1. The molecular weight excluding hydrogens is 496 g/mol. The number of anilines is 2. The molecule has 0 saturated carbocycles. The van der Waals surface area contributed by atoms with E-state index in [9.17, 15) is 9.59 Å². The Bertz CT molecular complexity index is 1430. The van der Waals surface area contributed by atoms with Crippen LogP contribution in [0.3, 0.4) is 0 Å². The predicted octanol–water partition coefficient (Wildman–Crippen LogP) is 5.18. The van der Waals surface area contributed by atoms with Crippen LogP contribution in [0.5, 0.6) is 0 Å². The lowest BCUT2D eigenvalue weighted by atomic mass is 10.0. The Balaban J connectivity index is 1.19. The number of thiocarbonyl (C=S) groups is 1. The second-order valence-corrected chi connectivity index (χ2v) is 9.17. The van der Waals surface area contributed by atoms with E-state index < -0.39 is 0 Å². The number of piperazine rings is 1. The number of hydrogen-bond donors (Lipinski definition) is 2. The highest BCUT2D eigenvalue weighted by atomic mass is 35.5. The van der Waals surface area contributed by atoms with Crippen molar-refractivity contribution >= 4 is 62.9 Å². The molecule has 7 nitrogen and oxygen atoms in total. The van der Waals surface area contributed by atoms with E-state index in [4.69, 9.17) is 28.2 Å². The Morgan fingerprint density at radius 2 is 1.69 bits per heavy atom. The van der Waals surface area contributed by atoms with Crippen LogP contribution in [0.4, 0.5) is 11.4 Å². The maximum absolute atomic E-state index is 12.8. The molecule has 1 aromatic heterocycles. The van der Waals surface area contributed by atoms with Crippen LogP contribution in [0.2, 0.25) is 5.02 Å². The van der Waals surface area contributed by atoms with Crippen molar-refractivity contribution in [1.29, 1.82) is 0 Å². The van der Waals surface area contributed by atoms with Crippen LogP contribution in [0.15, 0.2) is 83.5 Å². The highest BCUT2D eigenvalue weighted by Crippen LogP contribution is 2.30. The van der Waals surface area contributed by atoms with E-state index in [1.165, 1.54) is 6.26 Å². The topological polar surface area (TPSA) is 77.8 Å². The molecule has 2 N–H and O–H groups in total. The number of carbonyl (C=O) groups excluding carboxylic acids is 2. The van der Waals surface area contributed by atoms with Gasteiger partial charge in [-0.3, -0.25) is 14.9 Å². The van der Waals surface area contributed by atoms with Crippen LogP contribution < -0.4 is 15.5 Å². The van der Waals surface area contributed by atoms with Gasteiger partial charge in [-0.05, 0) is 59.4 Å². The molecule has 2 amide bonds. The first kappa shape index (κ1) is 23.8. The molecule has 1 saturated heterocycles. The van der Waals surface area contributed by atoms with Gasteiger partial charge in [0.1, 0.15) is 0 Å². The molecule has 2 heterocycles. The molecule has 0 atom stereocenters. The van der Waals surface area contributed by atoms with Gasteiger partial charge in [0.2, 0.25) is 0 Å². The molecule has 0 bridgehead atoms. The molecule has 0 unspecified atom stereocenters. The molecule has 5 rings (SSSR count). The number of fused-ring (bicyclic) bond motifs is 1. The van der Waals surface area contributed by atoms with Crippen molar-refractivity contribution in [2.24, 2.45) is 0 Å². The van der Waals surface area contributed by atoms with Crippen molar-refractivity contribution < 1.29 is 14.0 Å². The predicted molar refractivity (Wildman–Crippen MR) is 146 cm³/mol. The van der Waals surface area contributed by atoms with E-state index in [0.29, 0.717) is 48.2 Å². The molecule has 36 heavy (non-hydrogen) atoms. The summed E-state index contributed by atoms with van der Waals surface area (Å²) in [5, 5.41) is 8.35. The van der Waals surface area contributed by atoms with Crippen molar-refractivity contribution in [3.05, 3.63) is 95.4 Å². The number of amides is 2. The van der Waals surface area contributed by atoms with Gasteiger partial charge in [-0.2, -0.15) is 0 Å². The van der Waals surface area contributed by atoms with Gasteiger partial charge in [0, 0.05) is 37.4 Å². The van der Waals surface area contributed by atoms with Gasteiger partial charge in [0.15, 0.2) is 10.9 Å². The Hall–Kier alpha value is -3.88. The summed E-state index contributed by atoms with van der Waals surface area (Å²) in [6.07, 6.45) is 1.50. The first-order valence-electron chi connectivity index (χ1n) is 11.5. The van der Waals surface area contributed by atoms with Gasteiger partial charge in [0.05, 0.1) is 17.0 Å². The minimum atomic E-state index is -0.283. The van der Waals surface area contributed by atoms with Crippen LogP contribution in [0.25, 0.3) is 10.8 Å². The molecule has 1 aliphatic heterocycles. The summed E-state index contributed by atoms with van der Waals surface area (Å²) in [4.78, 5) is 29.2. The normalized spacial score (nSPS) is 13.5. The minimum absolute atomic E-state index is 0.107. The van der Waals surface area contributed by atoms with Crippen LogP contribution in [-0.4, -0.2) is 48.0 Å². The van der Waals surface area contributed by atoms with Crippen LogP contribution >= 0.6 is 23.8 Å². The zero-order valence-electron chi connectivity index (χ0n) is 19.2. The average molecular weight is 519 g/mol. The Kier molecular flexibility index (Phi) is 6.88. The third kappa shape index (κ3) is 5.05. The molecular formula is C27H23ClN4O3S. The second kappa shape index (κ2) is 10.4. The number of hydrogen-bond acceptors (Lipinski definition) is 5. The van der Waals surface area contributed by atoms with Crippen LogP contribution in [-0.2, 0) is 0 Å². The van der Waals surface area contributed by atoms with Crippen molar-refractivity contribution in [1.82, 2.24) is 10.2 Å².